The van der Waals surface area contributed by atoms with Crippen molar-refractivity contribution in [1.29, 1.82) is 0 Å². The lowest BCUT2D eigenvalue weighted by molar-refractivity contribution is -0.127. The van der Waals surface area contributed by atoms with Crippen molar-refractivity contribution in [3.63, 3.8) is 0 Å². The summed E-state index contributed by atoms with van der Waals surface area (Å²) in [5.74, 6) is 1.94. The predicted octanol–water partition coefficient (Wildman–Crippen LogP) is 7.04. The molecule has 3 aliphatic heterocycles. The van der Waals surface area contributed by atoms with Gasteiger partial charge in [-0.1, -0.05) is 85.6 Å². The van der Waals surface area contributed by atoms with Gasteiger partial charge in [0.1, 0.15) is 5.75 Å². The molecule has 5 nitrogen and oxygen atoms in total. The van der Waals surface area contributed by atoms with Crippen LogP contribution in [-0.2, 0) is 4.79 Å². The molecule has 1 amide bonds. The Labute approximate surface area is 251 Å². The third-order valence-electron chi connectivity index (χ3n) is 8.83. The number of amides is 1. The molecule has 0 N–H and O–H groups in total. The lowest BCUT2D eigenvalue weighted by Gasteiger charge is -2.47. The summed E-state index contributed by atoms with van der Waals surface area (Å²) in [6.45, 7) is 7.47. The first-order valence-electron chi connectivity index (χ1n) is 14.5. The van der Waals surface area contributed by atoms with Crippen LogP contribution in [0.5, 0.6) is 5.75 Å². The van der Waals surface area contributed by atoms with Crippen molar-refractivity contribution in [1.82, 2.24) is 9.80 Å². The highest BCUT2D eigenvalue weighted by molar-refractivity contribution is 9.10. The molecule has 1 unspecified atom stereocenters. The molecule has 6 rings (SSSR count). The number of fused-ring (bicyclic) bond motifs is 1. The van der Waals surface area contributed by atoms with Gasteiger partial charge in [-0.25, -0.2) is 0 Å². The van der Waals surface area contributed by atoms with Crippen LogP contribution in [0.25, 0.3) is 0 Å². The largest absolute Gasteiger partial charge is 0.477 e. The molecule has 3 aromatic carbocycles. The number of rotatable bonds is 8. The number of halogens is 2. The molecule has 7 heteroatoms. The SMILES string of the molecule is CCC1CCN(CC2Oc3cc(Br)c(Cl)cc3N(CC3CN(C(c4ccccc4)c4ccccc4)C3)C2=O)CC1. The van der Waals surface area contributed by atoms with Crippen LogP contribution in [0.2, 0.25) is 5.02 Å². The number of nitrogens with zero attached hydrogens (tertiary/aromatic N) is 3. The molecule has 0 saturated carbocycles. The topological polar surface area (TPSA) is 36.0 Å². The number of piperidine rings is 1. The highest BCUT2D eigenvalue weighted by Gasteiger charge is 2.41. The molecule has 210 valence electrons. The van der Waals surface area contributed by atoms with Gasteiger partial charge in [0.2, 0.25) is 0 Å². The lowest BCUT2D eigenvalue weighted by Crippen LogP contribution is -2.57. The van der Waals surface area contributed by atoms with Gasteiger partial charge in [0.15, 0.2) is 6.10 Å². The number of carbonyl (C=O) groups excluding carboxylic acids is 1. The second-order valence-electron chi connectivity index (χ2n) is 11.5. The highest BCUT2D eigenvalue weighted by atomic mass is 79.9. The molecule has 1 atom stereocenters. The summed E-state index contributed by atoms with van der Waals surface area (Å²) in [7, 11) is 0. The number of hydrogen-bond acceptors (Lipinski definition) is 4. The van der Waals surface area contributed by atoms with Gasteiger partial charge in [-0.05, 0) is 71.0 Å². The van der Waals surface area contributed by atoms with Gasteiger partial charge in [0.05, 0.1) is 16.8 Å². The molecule has 2 fully saturated rings. The number of carbonyl (C=O) groups is 1. The minimum Gasteiger partial charge on any atom is -0.477 e. The van der Waals surface area contributed by atoms with Crippen LogP contribution in [0, 0.1) is 11.8 Å². The summed E-state index contributed by atoms with van der Waals surface area (Å²) in [5, 5.41) is 0.587. The zero-order valence-electron chi connectivity index (χ0n) is 23.0. The van der Waals surface area contributed by atoms with Crippen molar-refractivity contribution >= 4 is 39.1 Å². The molecule has 3 aliphatic rings. The number of likely N-dealkylation sites (tertiary alicyclic amines) is 2. The standard InChI is InChI=1S/C33H37BrClN3O2/c1-2-23-13-15-36(16-14-23)22-31-33(39)38(29-18-28(35)27(34)17-30(29)40-31)21-24-19-37(20-24)32(25-9-5-3-6-10-25)26-11-7-4-8-12-26/h3-12,17-18,23-24,31-32H,2,13-16,19-22H2,1H3. The first kappa shape index (κ1) is 27.8. The summed E-state index contributed by atoms with van der Waals surface area (Å²) < 4.78 is 7.13. The van der Waals surface area contributed by atoms with E-state index in [4.69, 9.17) is 16.3 Å². The molecular formula is C33H37BrClN3O2. The number of ether oxygens (including phenoxy) is 1. The van der Waals surface area contributed by atoms with Crippen molar-refractivity contribution in [3.8, 4) is 5.75 Å². The normalized spacial score (nSPS) is 20.9. The Morgan fingerprint density at radius 3 is 2.15 bits per heavy atom. The molecule has 0 aliphatic carbocycles. The Kier molecular flexibility index (Phi) is 8.50. The average molecular weight is 623 g/mol. The van der Waals surface area contributed by atoms with Crippen LogP contribution in [-0.4, -0.2) is 61.1 Å². The fourth-order valence-corrected chi connectivity index (χ4v) is 6.99. The van der Waals surface area contributed by atoms with Crippen molar-refractivity contribution < 1.29 is 9.53 Å². The van der Waals surface area contributed by atoms with Crippen LogP contribution in [0.3, 0.4) is 0 Å². The average Bonchev–Trinajstić information content (AvgIpc) is 2.96. The minimum absolute atomic E-state index is 0.0459. The van der Waals surface area contributed by atoms with Gasteiger partial charge in [-0.2, -0.15) is 0 Å². The van der Waals surface area contributed by atoms with Crippen LogP contribution < -0.4 is 9.64 Å². The quantitative estimate of drug-likeness (QED) is 0.270. The van der Waals surface area contributed by atoms with E-state index in [-0.39, 0.29) is 11.9 Å². The van der Waals surface area contributed by atoms with Crippen LogP contribution >= 0.6 is 27.5 Å². The van der Waals surface area contributed by atoms with E-state index in [1.54, 1.807) is 0 Å². The second kappa shape index (κ2) is 12.2. The molecule has 3 heterocycles. The third kappa shape index (κ3) is 5.82. The molecule has 40 heavy (non-hydrogen) atoms. The van der Waals surface area contributed by atoms with E-state index in [9.17, 15) is 4.79 Å². The van der Waals surface area contributed by atoms with E-state index < -0.39 is 6.10 Å². The van der Waals surface area contributed by atoms with Gasteiger partial charge < -0.3 is 9.64 Å². The third-order valence-corrected chi connectivity index (χ3v) is 10.0. The summed E-state index contributed by atoms with van der Waals surface area (Å²) in [6, 6.07) is 25.4. The molecule has 0 bridgehead atoms. The first-order chi connectivity index (χ1) is 19.5. The zero-order chi connectivity index (χ0) is 27.6. The summed E-state index contributed by atoms with van der Waals surface area (Å²) in [5.41, 5.74) is 3.37. The predicted molar refractivity (Wildman–Crippen MR) is 165 cm³/mol. The van der Waals surface area contributed by atoms with Crippen molar-refractivity contribution in [2.75, 3.05) is 44.2 Å². The Morgan fingerprint density at radius 1 is 0.925 bits per heavy atom. The summed E-state index contributed by atoms with van der Waals surface area (Å²) >= 11 is 10.1. The highest BCUT2D eigenvalue weighted by Crippen LogP contribution is 2.42. The van der Waals surface area contributed by atoms with E-state index in [1.807, 2.05) is 17.0 Å². The van der Waals surface area contributed by atoms with Gasteiger partial charge in [-0.15, -0.1) is 0 Å². The molecule has 3 aromatic rings. The Bertz CT molecular complexity index is 1270. The molecular weight excluding hydrogens is 586 g/mol. The van der Waals surface area contributed by atoms with E-state index in [0.717, 1.165) is 48.0 Å². The summed E-state index contributed by atoms with van der Waals surface area (Å²) in [4.78, 5) is 20.8. The van der Waals surface area contributed by atoms with E-state index in [2.05, 4.69) is 93.3 Å². The Balaban J connectivity index is 1.19. The van der Waals surface area contributed by atoms with Gasteiger partial charge >= 0.3 is 0 Å². The summed E-state index contributed by atoms with van der Waals surface area (Å²) in [6.07, 6.45) is 3.12. The van der Waals surface area contributed by atoms with E-state index in [1.165, 1.54) is 30.4 Å². The Hall–Kier alpha value is -2.38. The van der Waals surface area contributed by atoms with Gasteiger partial charge in [0.25, 0.3) is 5.91 Å². The number of anilines is 1. The van der Waals surface area contributed by atoms with Crippen molar-refractivity contribution in [2.24, 2.45) is 11.8 Å². The van der Waals surface area contributed by atoms with Crippen molar-refractivity contribution in [2.45, 2.75) is 38.3 Å². The Morgan fingerprint density at radius 2 is 1.55 bits per heavy atom. The van der Waals surface area contributed by atoms with Gasteiger partial charge in [0, 0.05) is 36.6 Å². The van der Waals surface area contributed by atoms with Crippen molar-refractivity contribution in [3.05, 3.63) is 93.4 Å². The molecule has 2 saturated heterocycles. The maximum Gasteiger partial charge on any atom is 0.269 e. The molecule has 0 radical (unpaired) electrons. The maximum absolute atomic E-state index is 13.9. The van der Waals surface area contributed by atoms with Crippen LogP contribution in [0.1, 0.15) is 43.4 Å². The van der Waals surface area contributed by atoms with Gasteiger partial charge in [-0.3, -0.25) is 14.6 Å². The minimum atomic E-state index is -0.503. The maximum atomic E-state index is 13.9. The van der Waals surface area contributed by atoms with Crippen LogP contribution in [0.15, 0.2) is 77.3 Å². The number of benzene rings is 3. The van der Waals surface area contributed by atoms with Crippen LogP contribution in [0.4, 0.5) is 5.69 Å². The fraction of sp³-hybridized carbons (Fsp3) is 0.424. The zero-order valence-corrected chi connectivity index (χ0v) is 25.4. The second-order valence-corrected chi connectivity index (χ2v) is 12.7. The monoisotopic (exact) mass is 621 g/mol. The lowest BCUT2D eigenvalue weighted by atomic mass is 9.89. The van der Waals surface area contributed by atoms with E-state index in [0.29, 0.717) is 24.0 Å². The smallest absolute Gasteiger partial charge is 0.269 e. The number of hydrogen-bond donors (Lipinski definition) is 0. The first-order valence-corrected chi connectivity index (χ1v) is 15.7. The molecule has 0 spiro atoms. The van der Waals surface area contributed by atoms with E-state index >= 15 is 0 Å². The fourth-order valence-electron chi connectivity index (χ4n) is 6.51. The molecule has 0 aromatic heterocycles.